The first kappa shape index (κ1) is 20.8. The van der Waals surface area contributed by atoms with Crippen LogP contribution in [-0.4, -0.2) is 46.0 Å². The maximum absolute atomic E-state index is 12.5. The molecule has 0 aliphatic carbocycles. The molecule has 0 aliphatic rings. The van der Waals surface area contributed by atoms with Gasteiger partial charge in [0.25, 0.3) is 0 Å². The number of ether oxygens (including phenoxy) is 2. The Morgan fingerprint density at radius 3 is 2.83 bits per heavy atom. The van der Waals surface area contributed by atoms with Crippen molar-refractivity contribution in [1.29, 1.82) is 0 Å². The topological polar surface area (TPSA) is 74.8 Å². The molecule has 0 aromatic carbocycles. The first-order valence-corrected chi connectivity index (χ1v) is 9.46. The van der Waals surface area contributed by atoms with Crippen LogP contribution in [0.3, 0.4) is 0 Å². The summed E-state index contributed by atoms with van der Waals surface area (Å²) in [5.41, 5.74) is 3.56. The number of imidazole rings is 1. The fourth-order valence-electron chi connectivity index (χ4n) is 3.15. The summed E-state index contributed by atoms with van der Waals surface area (Å²) in [6.45, 7) is 4.66. The molecule has 3 rings (SSSR count). The number of hydrogen-bond donors (Lipinski definition) is 0. The summed E-state index contributed by atoms with van der Waals surface area (Å²) in [6.07, 6.45) is 4.55. The number of ketones is 1. The van der Waals surface area contributed by atoms with Gasteiger partial charge in [-0.2, -0.15) is 0 Å². The van der Waals surface area contributed by atoms with Gasteiger partial charge in [0.05, 0.1) is 12.3 Å². The van der Waals surface area contributed by atoms with Crippen LogP contribution in [0.25, 0.3) is 11.7 Å². The van der Waals surface area contributed by atoms with E-state index in [-0.39, 0.29) is 17.5 Å². The summed E-state index contributed by atoms with van der Waals surface area (Å²) < 4.78 is 14.0. The van der Waals surface area contributed by atoms with Crippen LogP contribution in [0.4, 0.5) is 0 Å². The lowest BCUT2D eigenvalue weighted by molar-refractivity contribution is -0.136. The second kappa shape index (κ2) is 9.07. The second-order valence-electron chi connectivity index (χ2n) is 6.51. The summed E-state index contributed by atoms with van der Waals surface area (Å²) in [5, 5.41) is 0.278. The Labute approximate surface area is 173 Å². The van der Waals surface area contributed by atoms with Crippen LogP contribution in [0.2, 0.25) is 5.15 Å². The summed E-state index contributed by atoms with van der Waals surface area (Å²) >= 11 is 6.13. The highest BCUT2D eigenvalue weighted by Gasteiger charge is 2.17. The van der Waals surface area contributed by atoms with Crippen molar-refractivity contribution in [3.63, 3.8) is 0 Å². The Kier molecular flexibility index (Phi) is 6.51. The number of fused-ring (bicyclic) bond motifs is 1. The van der Waals surface area contributed by atoms with E-state index in [4.69, 9.17) is 21.1 Å². The van der Waals surface area contributed by atoms with Crippen LogP contribution in [0.15, 0.2) is 36.5 Å². The largest absolute Gasteiger partial charge is 0.454 e. The van der Waals surface area contributed by atoms with E-state index >= 15 is 0 Å². The Morgan fingerprint density at radius 1 is 1.28 bits per heavy atom. The Morgan fingerprint density at radius 2 is 2.07 bits per heavy atom. The van der Waals surface area contributed by atoms with Crippen LogP contribution in [-0.2, 0) is 20.8 Å². The van der Waals surface area contributed by atoms with Gasteiger partial charge in [-0.25, -0.2) is 9.78 Å². The molecule has 0 amide bonds. The molecule has 0 saturated heterocycles. The number of esters is 1. The lowest BCUT2D eigenvalue weighted by Crippen LogP contribution is -2.14. The van der Waals surface area contributed by atoms with Crippen LogP contribution in [0, 0.1) is 13.8 Å². The molecule has 0 N–H and O–H groups in total. The maximum atomic E-state index is 12.5. The van der Waals surface area contributed by atoms with E-state index in [0.29, 0.717) is 30.1 Å². The number of Topliss-reactive ketones (excluding diaryl/α,β-unsaturated/α-hetero) is 1. The van der Waals surface area contributed by atoms with Gasteiger partial charge in [-0.05, 0) is 38.1 Å². The first-order chi connectivity index (χ1) is 13.9. The molecule has 3 aromatic rings. The number of hydrogen-bond acceptors (Lipinski definition) is 5. The molecule has 0 fully saturated rings. The van der Waals surface area contributed by atoms with Crippen molar-refractivity contribution in [3.8, 4) is 0 Å². The van der Waals surface area contributed by atoms with Gasteiger partial charge in [0.15, 0.2) is 11.8 Å². The van der Waals surface area contributed by atoms with E-state index < -0.39 is 5.97 Å². The van der Waals surface area contributed by atoms with E-state index in [2.05, 4.69) is 4.98 Å². The molecule has 0 unspecified atom stereocenters. The molecule has 7 nitrogen and oxygen atoms in total. The standard InChI is InChI=1S/C21H22ClN3O4/c1-14-12-16(15(2)24(14)10-11-28-3)18(26)13-29-20(27)8-7-17-21(22)23-19-6-4-5-9-25(17)19/h4-9,12H,10-11,13H2,1-3H3/b8-7+. The molecule has 8 heteroatoms. The van der Waals surface area contributed by atoms with Crippen LogP contribution in [0.5, 0.6) is 0 Å². The molecule has 3 aromatic heterocycles. The number of halogens is 1. The fourth-order valence-corrected chi connectivity index (χ4v) is 3.40. The lowest BCUT2D eigenvalue weighted by atomic mass is 10.1. The Hall–Kier alpha value is -2.90. The first-order valence-electron chi connectivity index (χ1n) is 9.08. The van der Waals surface area contributed by atoms with Gasteiger partial charge in [-0.1, -0.05) is 17.7 Å². The molecule has 0 aliphatic heterocycles. The monoisotopic (exact) mass is 415 g/mol. The molecule has 0 spiro atoms. The summed E-state index contributed by atoms with van der Waals surface area (Å²) in [5.74, 6) is -0.884. The quantitative estimate of drug-likeness (QED) is 0.320. The van der Waals surface area contributed by atoms with Gasteiger partial charge in [0.1, 0.15) is 5.65 Å². The zero-order valence-electron chi connectivity index (χ0n) is 16.5. The molecule has 3 heterocycles. The van der Waals surface area contributed by atoms with Crippen molar-refractivity contribution < 1.29 is 19.1 Å². The molecular weight excluding hydrogens is 394 g/mol. The Bertz CT molecular complexity index is 1080. The minimum Gasteiger partial charge on any atom is -0.454 e. The van der Waals surface area contributed by atoms with E-state index in [9.17, 15) is 9.59 Å². The van der Waals surface area contributed by atoms with Crippen LogP contribution >= 0.6 is 11.6 Å². The summed E-state index contributed by atoms with van der Waals surface area (Å²) in [4.78, 5) is 28.8. The van der Waals surface area contributed by atoms with Crippen LogP contribution < -0.4 is 0 Å². The zero-order valence-corrected chi connectivity index (χ0v) is 17.3. The van der Waals surface area contributed by atoms with Gasteiger partial charge in [0, 0.05) is 42.9 Å². The van der Waals surface area contributed by atoms with Crippen molar-refractivity contribution in [2.24, 2.45) is 0 Å². The third-order valence-corrected chi connectivity index (χ3v) is 4.92. The van der Waals surface area contributed by atoms with Crippen molar-refractivity contribution in [2.75, 3.05) is 20.3 Å². The minimum absolute atomic E-state index is 0.253. The number of aromatic nitrogens is 3. The fraction of sp³-hybridized carbons (Fsp3) is 0.286. The van der Waals surface area contributed by atoms with E-state index in [1.165, 1.54) is 12.2 Å². The van der Waals surface area contributed by atoms with Crippen molar-refractivity contribution in [3.05, 3.63) is 64.3 Å². The smallest absolute Gasteiger partial charge is 0.331 e. The molecule has 152 valence electrons. The van der Waals surface area contributed by atoms with Gasteiger partial charge in [-0.3, -0.25) is 9.20 Å². The predicted molar refractivity (Wildman–Crippen MR) is 110 cm³/mol. The molecule has 0 atom stereocenters. The van der Waals surface area contributed by atoms with Gasteiger partial charge in [0.2, 0.25) is 5.78 Å². The highest BCUT2D eigenvalue weighted by Crippen LogP contribution is 2.19. The number of rotatable bonds is 8. The second-order valence-corrected chi connectivity index (χ2v) is 6.87. The average molecular weight is 416 g/mol. The molecular formula is C21H22ClN3O4. The minimum atomic E-state index is -0.631. The number of methoxy groups -OCH3 is 1. The Balaban J connectivity index is 1.64. The highest BCUT2D eigenvalue weighted by atomic mass is 35.5. The third-order valence-electron chi connectivity index (χ3n) is 4.64. The van der Waals surface area contributed by atoms with Crippen molar-refractivity contribution in [2.45, 2.75) is 20.4 Å². The molecule has 0 radical (unpaired) electrons. The number of pyridine rings is 1. The number of nitrogens with zero attached hydrogens (tertiary/aromatic N) is 3. The number of carbonyl (C=O) groups excluding carboxylic acids is 2. The van der Waals surface area contributed by atoms with Crippen molar-refractivity contribution >= 4 is 35.1 Å². The molecule has 29 heavy (non-hydrogen) atoms. The summed E-state index contributed by atoms with van der Waals surface area (Å²) in [7, 11) is 1.63. The van der Waals surface area contributed by atoms with Gasteiger partial charge in [-0.15, -0.1) is 0 Å². The molecule has 0 bridgehead atoms. The summed E-state index contributed by atoms with van der Waals surface area (Å²) in [6, 6.07) is 7.29. The maximum Gasteiger partial charge on any atom is 0.331 e. The SMILES string of the molecule is COCCn1c(C)cc(C(=O)COC(=O)/C=C/c2c(Cl)nc3ccccn23)c1C. The van der Waals surface area contributed by atoms with Crippen molar-refractivity contribution in [1.82, 2.24) is 14.0 Å². The zero-order chi connectivity index (χ0) is 21.0. The van der Waals surface area contributed by atoms with Crippen LogP contribution in [0.1, 0.15) is 27.4 Å². The normalized spacial score (nSPS) is 11.4. The predicted octanol–water partition coefficient (Wildman–Crippen LogP) is 3.49. The number of carbonyl (C=O) groups is 2. The highest BCUT2D eigenvalue weighted by molar-refractivity contribution is 6.31. The van der Waals surface area contributed by atoms with E-state index in [1.54, 1.807) is 23.8 Å². The van der Waals surface area contributed by atoms with E-state index in [0.717, 1.165) is 11.4 Å². The van der Waals surface area contributed by atoms with Gasteiger partial charge < -0.3 is 14.0 Å². The van der Waals surface area contributed by atoms with Gasteiger partial charge >= 0.3 is 5.97 Å². The third kappa shape index (κ3) is 4.58. The number of aryl methyl sites for hydroxylation is 1. The average Bonchev–Trinajstić information content (AvgIpc) is 3.18. The molecule has 0 saturated carbocycles. The van der Waals surface area contributed by atoms with E-state index in [1.807, 2.05) is 36.6 Å². The lowest BCUT2D eigenvalue weighted by Gasteiger charge is -2.08.